The highest BCUT2D eigenvalue weighted by molar-refractivity contribution is 5.94. The van der Waals surface area contributed by atoms with Crippen LogP contribution in [0.3, 0.4) is 0 Å². The van der Waals surface area contributed by atoms with E-state index in [1.807, 2.05) is 0 Å². The molecule has 0 heterocycles. The largest absolute Gasteiger partial charge is 0.310 e. The van der Waals surface area contributed by atoms with Gasteiger partial charge < -0.3 is 4.90 Å². The van der Waals surface area contributed by atoms with Crippen LogP contribution in [0.5, 0.6) is 0 Å². The van der Waals surface area contributed by atoms with Gasteiger partial charge in [-0.15, -0.1) is 0 Å². The minimum absolute atomic E-state index is 0.137. The first-order valence-electron chi connectivity index (χ1n) is 20.7. The van der Waals surface area contributed by atoms with Crippen molar-refractivity contribution >= 4 is 17.1 Å². The lowest BCUT2D eigenvalue weighted by molar-refractivity contribution is 0.563. The van der Waals surface area contributed by atoms with Crippen LogP contribution in [0.2, 0.25) is 0 Å². The summed E-state index contributed by atoms with van der Waals surface area (Å²) in [6.07, 6.45) is 0. The Hall–Kier alpha value is -7.22. The summed E-state index contributed by atoms with van der Waals surface area (Å²) in [5, 5.41) is 0. The van der Waals surface area contributed by atoms with Gasteiger partial charge in [0.1, 0.15) is 0 Å². The van der Waals surface area contributed by atoms with E-state index in [-0.39, 0.29) is 5.41 Å². The minimum Gasteiger partial charge on any atom is -0.310 e. The smallest absolute Gasteiger partial charge is 0.0719 e. The Kier molecular flexibility index (Phi) is 8.13. The van der Waals surface area contributed by atoms with Crippen molar-refractivity contribution in [3.05, 3.63) is 258 Å². The maximum Gasteiger partial charge on any atom is 0.0719 e. The predicted octanol–water partition coefficient (Wildman–Crippen LogP) is 15.2. The monoisotopic (exact) mass is 753 g/mol. The van der Waals surface area contributed by atoms with Crippen LogP contribution in [-0.4, -0.2) is 0 Å². The molecule has 0 saturated heterocycles. The Balaban J connectivity index is 1.13. The van der Waals surface area contributed by atoms with Gasteiger partial charge in [-0.25, -0.2) is 0 Å². The van der Waals surface area contributed by atoms with Crippen molar-refractivity contribution in [2.45, 2.75) is 24.7 Å². The number of fused-ring (bicyclic) bond motifs is 9. The lowest BCUT2D eigenvalue weighted by Gasteiger charge is -2.46. The van der Waals surface area contributed by atoms with E-state index in [1.54, 1.807) is 0 Å². The van der Waals surface area contributed by atoms with Crippen molar-refractivity contribution < 1.29 is 0 Å². The molecule has 59 heavy (non-hydrogen) atoms. The number of rotatable bonds is 6. The number of hydrogen-bond acceptors (Lipinski definition) is 1. The van der Waals surface area contributed by atoms with Crippen LogP contribution >= 0.6 is 0 Å². The summed E-state index contributed by atoms with van der Waals surface area (Å²) in [6, 6.07) is 82.8. The highest BCUT2D eigenvalue weighted by Gasteiger charge is 2.53. The molecule has 0 amide bonds. The lowest BCUT2D eigenvalue weighted by atomic mass is 9.55. The minimum atomic E-state index is -0.437. The van der Waals surface area contributed by atoms with Crippen LogP contribution in [0.15, 0.2) is 224 Å². The van der Waals surface area contributed by atoms with Crippen molar-refractivity contribution in [1.29, 1.82) is 0 Å². The SMILES string of the molecule is CC1(C)c2ccccc2C2(c3ccccc3-c3cc(N(c4ccc(-c5ccccc5-c5ccccc5)cc4)c4ccccc4-c4ccccc4)ccc32)c2ccccc21. The average molecular weight is 754 g/mol. The van der Waals surface area contributed by atoms with Crippen molar-refractivity contribution in [2.75, 3.05) is 4.90 Å². The van der Waals surface area contributed by atoms with Gasteiger partial charge in [0.2, 0.25) is 0 Å². The Bertz CT molecular complexity index is 2960. The zero-order valence-corrected chi connectivity index (χ0v) is 33.3. The second kappa shape index (κ2) is 13.7. The Morgan fingerprint density at radius 2 is 0.695 bits per heavy atom. The summed E-state index contributed by atoms with van der Waals surface area (Å²) < 4.78 is 0. The van der Waals surface area contributed by atoms with E-state index < -0.39 is 5.41 Å². The molecule has 280 valence electrons. The Morgan fingerprint density at radius 3 is 1.29 bits per heavy atom. The molecule has 0 radical (unpaired) electrons. The van der Waals surface area contributed by atoms with Crippen LogP contribution < -0.4 is 4.90 Å². The van der Waals surface area contributed by atoms with Gasteiger partial charge in [0, 0.05) is 22.4 Å². The van der Waals surface area contributed by atoms with Crippen LogP contribution in [0, 0.1) is 0 Å². The second-order valence-electron chi connectivity index (χ2n) is 16.4. The first-order valence-corrected chi connectivity index (χ1v) is 20.7. The first-order chi connectivity index (χ1) is 29.0. The fraction of sp³-hybridized carbons (Fsp3) is 0.0690. The van der Waals surface area contributed by atoms with E-state index in [1.165, 1.54) is 77.9 Å². The molecule has 0 aliphatic heterocycles. The third-order valence-corrected chi connectivity index (χ3v) is 13.0. The Morgan fingerprint density at radius 1 is 0.288 bits per heavy atom. The summed E-state index contributed by atoms with van der Waals surface area (Å²) in [7, 11) is 0. The molecule has 0 bridgehead atoms. The van der Waals surface area contributed by atoms with Gasteiger partial charge in [0.05, 0.1) is 11.1 Å². The zero-order valence-electron chi connectivity index (χ0n) is 33.3. The van der Waals surface area contributed by atoms with Gasteiger partial charge in [-0.3, -0.25) is 0 Å². The molecule has 0 N–H and O–H groups in total. The normalized spacial score (nSPS) is 13.9. The number of benzene rings is 9. The van der Waals surface area contributed by atoms with Gasteiger partial charge in [0.25, 0.3) is 0 Å². The molecule has 1 nitrogen and oxygen atoms in total. The van der Waals surface area contributed by atoms with E-state index in [0.717, 1.165) is 17.1 Å². The van der Waals surface area contributed by atoms with Crippen molar-refractivity contribution in [1.82, 2.24) is 0 Å². The van der Waals surface area contributed by atoms with E-state index in [4.69, 9.17) is 0 Å². The summed E-state index contributed by atoms with van der Waals surface area (Å²) in [5.74, 6) is 0. The molecule has 0 unspecified atom stereocenters. The highest BCUT2D eigenvalue weighted by atomic mass is 15.1. The number of hydrogen-bond donors (Lipinski definition) is 0. The van der Waals surface area contributed by atoms with Gasteiger partial charge in [-0.2, -0.15) is 0 Å². The molecule has 0 saturated carbocycles. The van der Waals surface area contributed by atoms with Crippen molar-refractivity contribution in [3.8, 4) is 44.5 Å². The molecule has 2 aliphatic carbocycles. The quantitative estimate of drug-likeness (QED) is 0.163. The van der Waals surface area contributed by atoms with E-state index in [0.29, 0.717) is 0 Å². The van der Waals surface area contributed by atoms with Crippen LogP contribution in [0.25, 0.3) is 44.5 Å². The molecular formula is C58H43N. The second-order valence-corrected chi connectivity index (χ2v) is 16.4. The highest BCUT2D eigenvalue weighted by Crippen LogP contribution is 2.62. The van der Waals surface area contributed by atoms with Crippen molar-refractivity contribution in [3.63, 3.8) is 0 Å². The number of para-hydroxylation sites is 1. The molecule has 9 aromatic rings. The molecule has 9 aromatic carbocycles. The Labute approximate surface area is 347 Å². The van der Waals surface area contributed by atoms with Crippen LogP contribution in [0.4, 0.5) is 17.1 Å². The van der Waals surface area contributed by atoms with Gasteiger partial charge in [0.15, 0.2) is 0 Å². The van der Waals surface area contributed by atoms with Crippen molar-refractivity contribution in [2.24, 2.45) is 0 Å². The molecular weight excluding hydrogens is 711 g/mol. The fourth-order valence-corrected chi connectivity index (χ4v) is 10.3. The van der Waals surface area contributed by atoms with Crippen LogP contribution in [0.1, 0.15) is 47.2 Å². The third kappa shape index (κ3) is 5.31. The molecule has 1 heteroatoms. The molecule has 0 atom stereocenters. The molecule has 0 fully saturated rings. The third-order valence-electron chi connectivity index (χ3n) is 13.0. The summed E-state index contributed by atoms with van der Waals surface area (Å²) >= 11 is 0. The first kappa shape index (κ1) is 35.0. The number of anilines is 3. The van der Waals surface area contributed by atoms with E-state index in [9.17, 15) is 0 Å². The van der Waals surface area contributed by atoms with E-state index in [2.05, 4.69) is 243 Å². The fourth-order valence-electron chi connectivity index (χ4n) is 10.3. The topological polar surface area (TPSA) is 3.24 Å². The van der Waals surface area contributed by atoms with Gasteiger partial charge in [-0.1, -0.05) is 208 Å². The molecule has 0 aromatic heterocycles. The predicted molar refractivity (Wildman–Crippen MR) is 247 cm³/mol. The zero-order chi connectivity index (χ0) is 39.6. The summed E-state index contributed by atoms with van der Waals surface area (Å²) in [5.41, 5.74) is 20.8. The van der Waals surface area contributed by atoms with Gasteiger partial charge >= 0.3 is 0 Å². The maximum atomic E-state index is 2.45. The maximum absolute atomic E-state index is 2.45. The number of nitrogens with zero attached hydrogens (tertiary/aromatic N) is 1. The van der Waals surface area contributed by atoms with Gasteiger partial charge in [-0.05, 0) is 103 Å². The van der Waals surface area contributed by atoms with Crippen LogP contribution in [-0.2, 0) is 10.8 Å². The summed E-state index contributed by atoms with van der Waals surface area (Å²) in [4.78, 5) is 2.45. The molecule has 2 aliphatic rings. The summed E-state index contributed by atoms with van der Waals surface area (Å²) in [6.45, 7) is 4.77. The molecule has 1 spiro atoms. The van der Waals surface area contributed by atoms with E-state index >= 15 is 0 Å². The lowest BCUT2D eigenvalue weighted by Crippen LogP contribution is -2.40. The molecule has 11 rings (SSSR count). The standard InChI is InChI=1S/C58H43N/c1-57(2)52-28-14-16-30-54(52)58(55-31-17-15-29-53(55)57)50-27-13-11-26-48(50)49-39-44(37-38-51(49)58)59(56-32-18-12-25-47(56)41-21-7-4-8-22-41)43-35-33-42(34-36-43)46-24-10-9-23-45(46)40-19-5-3-6-20-40/h3-39H,1-2H3. The average Bonchev–Trinajstić information content (AvgIpc) is 3.60.